The normalized spacial score (nSPS) is 38.2. The number of barbiturate groups is 1. The van der Waals surface area contributed by atoms with Crippen molar-refractivity contribution >= 4 is 17.8 Å². The smallest absolute Gasteiger partial charge is 0.333 e. The predicted octanol–water partition coefficient (Wildman–Crippen LogP) is -3.41. The highest BCUT2D eigenvalue weighted by Crippen LogP contribution is 2.35. The lowest BCUT2D eigenvalue weighted by Crippen LogP contribution is -2.75. The zero-order valence-corrected chi connectivity index (χ0v) is 12.3. The molecule has 11 heteroatoms. The Morgan fingerprint density at radius 1 is 1.04 bits per heavy atom. The topological polar surface area (TPSA) is 148 Å². The van der Waals surface area contributed by atoms with Crippen molar-refractivity contribution in [2.24, 2.45) is 0 Å². The Labute approximate surface area is 129 Å². The van der Waals surface area contributed by atoms with E-state index in [2.05, 4.69) is 0 Å². The molecule has 0 saturated carbocycles. The van der Waals surface area contributed by atoms with Crippen molar-refractivity contribution in [2.75, 3.05) is 20.7 Å². The molecule has 0 unspecified atom stereocenters. The molecule has 0 spiro atoms. The summed E-state index contributed by atoms with van der Waals surface area (Å²) in [6, 6.07) is -1.07. The standard InChI is InChI=1S/C12H17FN2O8/c1-14-9(20)12(13,10(21)15(2)11(14)22)8-7(19)6(18)5(17)4(3-16)23-8/h4-8,16-19H,3H2,1-2H3/t4-,5+,6+,7-,8-/m1/s1. The second-order valence-corrected chi connectivity index (χ2v) is 5.47. The molecule has 2 fully saturated rings. The van der Waals surface area contributed by atoms with E-state index in [4.69, 9.17) is 9.84 Å². The van der Waals surface area contributed by atoms with Gasteiger partial charge in [-0.05, 0) is 0 Å². The highest BCUT2D eigenvalue weighted by atomic mass is 19.1. The van der Waals surface area contributed by atoms with Crippen molar-refractivity contribution < 1.29 is 43.9 Å². The SMILES string of the molecule is CN1C(=O)N(C)C(=O)C(F)([C@@H]2O[C@H](CO)[C@H](O)[C@H](O)[C@H]2O)C1=O. The van der Waals surface area contributed by atoms with Gasteiger partial charge in [-0.1, -0.05) is 0 Å². The van der Waals surface area contributed by atoms with Gasteiger partial charge in [0.1, 0.15) is 30.5 Å². The van der Waals surface area contributed by atoms with E-state index in [0.717, 1.165) is 14.1 Å². The number of alkyl halides is 1. The van der Waals surface area contributed by atoms with Crippen molar-refractivity contribution in [1.82, 2.24) is 9.80 Å². The lowest BCUT2D eigenvalue weighted by molar-refractivity contribution is -0.256. The van der Waals surface area contributed by atoms with Crippen LogP contribution in [0.25, 0.3) is 0 Å². The Bertz CT molecular complexity index is 517. The fourth-order valence-electron chi connectivity index (χ4n) is 2.65. The highest BCUT2D eigenvalue weighted by molar-refractivity contribution is 6.21. The van der Waals surface area contributed by atoms with Crippen LogP contribution in [0.4, 0.5) is 9.18 Å². The minimum Gasteiger partial charge on any atom is -0.394 e. The average Bonchev–Trinajstić information content (AvgIpc) is 2.54. The van der Waals surface area contributed by atoms with Crippen molar-refractivity contribution in [2.45, 2.75) is 36.2 Å². The molecule has 4 amide bonds. The second-order valence-electron chi connectivity index (χ2n) is 5.47. The van der Waals surface area contributed by atoms with Gasteiger partial charge in [-0.3, -0.25) is 19.4 Å². The predicted molar refractivity (Wildman–Crippen MR) is 68.5 cm³/mol. The van der Waals surface area contributed by atoms with E-state index in [1.165, 1.54) is 0 Å². The summed E-state index contributed by atoms with van der Waals surface area (Å²) >= 11 is 0. The number of urea groups is 1. The average molecular weight is 336 g/mol. The van der Waals surface area contributed by atoms with Gasteiger partial charge < -0.3 is 25.2 Å². The van der Waals surface area contributed by atoms with E-state index in [1.807, 2.05) is 0 Å². The monoisotopic (exact) mass is 336 g/mol. The molecule has 0 aromatic heterocycles. The molecule has 0 aliphatic carbocycles. The summed E-state index contributed by atoms with van der Waals surface area (Å²) < 4.78 is 20.2. The minimum atomic E-state index is -3.49. The molecular formula is C12H17FN2O8. The number of nitrogens with zero attached hydrogens (tertiary/aromatic N) is 2. The maximum absolute atomic E-state index is 15.3. The number of amides is 4. The van der Waals surface area contributed by atoms with Crippen LogP contribution in [0.5, 0.6) is 0 Å². The van der Waals surface area contributed by atoms with E-state index >= 15 is 4.39 Å². The summed E-state index contributed by atoms with van der Waals surface area (Å²) in [5.74, 6) is -3.15. The van der Waals surface area contributed by atoms with E-state index in [9.17, 15) is 29.7 Å². The molecule has 10 nitrogen and oxygen atoms in total. The van der Waals surface area contributed by atoms with Gasteiger partial charge in [0.2, 0.25) is 0 Å². The van der Waals surface area contributed by atoms with Crippen LogP contribution in [-0.4, -0.2) is 105 Å². The quantitative estimate of drug-likeness (QED) is 0.381. The molecule has 2 aliphatic heterocycles. The lowest BCUT2D eigenvalue weighted by atomic mass is 9.83. The van der Waals surface area contributed by atoms with Gasteiger partial charge in [-0.2, -0.15) is 0 Å². The summed E-state index contributed by atoms with van der Waals surface area (Å²) in [5, 5.41) is 38.4. The van der Waals surface area contributed by atoms with Crippen LogP contribution < -0.4 is 0 Å². The molecule has 0 radical (unpaired) electrons. The minimum absolute atomic E-state index is 0.336. The number of rotatable bonds is 2. The van der Waals surface area contributed by atoms with Crippen molar-refractivity contribution in [1.29, 1.82) is 0 Å². The zero-order valence-electron chi connectivity index (χ0n) is 12.3. The third-order valence-corrected chi connectivity index (χ3v) is 4.09. The van der Waals surface area contributed by atoms with Crippen LogP contribution in [0.2, 0.25) is 0 Å². The van der Waals surface area contributed by atoms with Gasteiger partial charge in [0, 0.05) is 14.1 Å². The Morgan fingerprint density at radius 2 is 1.52 bits per heavy atom. The molecule has 2 saturated heterocycles. The number of carbonyl (C=O) groups excluding carboxylic acids is 3. The van der Waals surface area contributed by atoms with Crippen molar-refractivity contribution in [3.05, 3.63) is 0 Å². The number of carbonyl (C=O) groups is 3. The fraction of sp³-hybridized carbons (Fsp3) is 0.750. The van der Waals surface area contributed by atoms with Gasteiger partial charge in [-0.15, -0.1) is 0 Å². The molecular weight excluding hydrogens is 319 g/mol. The Hall–Kier alpha value is -1.66. The molecule has 130 valence electrons. The van der Waals surface area contributed by atoms with Gasteiger partial charge in [-0.25, -0.2) is 9.18 Å². The van der Waals surface area contributed by atoms with Gasteiger partial charge in [0.15, 0.2) is 0 Å². The van der Waals surface area contributed by atoms with Gasteiger partial charge in [0.25, 0.3) is 17.5 Å². The first kappa shape index (κ1) is 17.7. The van der Waals surface area contributed by atoms with Gasteiger partial charge in [0.05, 0.1) is 6.61 Å². The molecule has 2 aliphatic rings. The van der Waals surface area contributed by atoms with E-state index in [1.54, 1.807) is 0 Å². The van der Waals surface area contributed by atoms with Gasteiger partial charge >= 0.3 is 6.03 Å². The number of halogens is 1. The molecule has 0 bridgehead atoms. The van der Waals surface area contributed by atoms with Crippen LogP contribution in [-0.2, 0) is 14.3 Å². The first-order chi connectivity index (χ1) is 10.6. The first-order valence-electron chi connectivity index (χ1n) is 6.68. The van der Waals surface area contributed by atoms with Crippen LogP contribution in [0.1, 0.15) is 0 Å². The maximum Gasteiger partial charge on any atom is 0.333 e. The van der Waals surface area contributed by atoms with E-state index < -0.39 is 60.6 Å². The van der Waals surface area contributed by atoms with Crippen LogP contribution in [0.15, 0.2) is 0 Å². The third kappa shape index (κ3) is 2.32. The highest BCUT2D eigenvalue weighted by Gasteiger charge is 2.66. The lowest BCUT2D eigenvalue weighted by Gasteiger charge is -2.47. The Balaban J connectivity index is 2.46. The molecule has 4 N–H and O–H groups in total. The first-order valence-corrected chi connectivity index (χ1v) is 6.68. The summed E-state index contributed by atoms with van der Waals surface area (Å²) in [5.41, 5.74) is -3.49. The van der Waals surface area contributed by atoms with Crippen molar-refractivity contribution in [3.8, 4) is 0 Å². The number of hydrogen-bond acceptors (Lipinski definition) is 8. The molecule has 5 atom stereocenters. The largest absolute Gasteiger partial charge is 0.394 e. The van der Waals surface area contributed by atoms with Crippen molar-refractivity contribution in [3.63, 3.8) is 0 Å². The van der Waals surface area contributed by atoms with E-state index in [0.29, 0.717) is 9.80 Å². The number of hydrogen-bond donors (Lipinski definition) is 4. The molecule has 0 aromatic carbocycles. The maximum atomic E-state index is 15.3. The van der Waals surface area contributed by atoms with Crippen LogP contribution in [0.3, 0.4) is 0 Å². The van der Waals surface area contributed by atoms with Crippen LogP contribution >= 0.6 is 0 Å². The Kier molecular flexibility index (Phi) is 4.43. The number of ether oxygens (including phenoxy) is 1. The summed E-state index contributed by atoms with van der Waals surface area (Å²) in [7, 11) is 1.87. The molecule has 0 aromatic rings. The number of imide groups is 2. The summed E-state index contributed by atoms with van der Waals surface area (Å²) in [6.45, 7) is -0.857. The fourth-order valence-corrected chi connectivity index (χ4v) is 2.65. The third-order valence-electron chi connectivity index (χ3n) is 4.09. The van der Waals surface area contributed by atoms with Crippen LogP contribution in [0, 0.1) is 0 Å². The molecule has 2 rings (SSSR count). The van der Waals surface area contributed by atoms with E-state index in [-0.39, 0.29) is 0 Å². The number of aliphatic hydroxyl groups excluding tert-OH is 4. The summed E-state index contributed by atoms with van der Waals surface area (Å²) in [6.07, 6.45) is -9.59. The molecule has 23 heavy (non-hydrogen) atoms. The molecule has 2 heterocycles. The number of aliphatic hydroxyl groups is 4. The zero-order chi connectivity index (χ0) is 17.7. The second kappa shape index (κ2) is 5.76. The summed E-state index contributed by atoms with van der Waals surface area (Å²) in [4.78, 5) is 36.6. The Morgan fingerprint density at radius 3 is 1.96 bits per heavy atom.